The number of anilines is 1. The van der Waals surface area contributed by atoms with Crippen molar-refractivity contribution in [3.63, 3.8) is 0 Å². The lowest BCUT2D eigenvalue weighted by molar-refractivity contribution is 0.555. The second-order valence-corrected chi connectivity index (χ2v) is 3.88. The quantitative estimate of drug-likeness (QED) is 0.614. The van der Waals surface area contributed by atoms with Gasteiger partial charge in [0, 0.05) is 12.3 Å². The maximum Gasteiger partial charge on any atom is 0.417 e. The van der Waals surface area contributed by atoms with Crippen molar-refractivity contribution < 1.29 is 4.42 Å². The molecule has 0 saturated heterocycles. The van der Waals surface area contributed by atoms with Crippen molar-refractivity contribution in [1.82, 2.24) is 14.8 Å². The van der Waals surface area contributed by atoms with Crippen LogP contribution in [0.2, 0.25) is 0 Å². The monoisotopic (exact) mass is 230 g/mol. The molecule has 0 aliphatic heterocycles. The Morgan fingerprint density at radius 1 is 1.47 bits per heavy atom. The zero-order valence-corrected chi connectivity index (χ0v) is 9.10. The first-order valence-electron chi connectivity index (χ1n) is 5.07. The highest BCUT2D eigenvalue weighted by molar-refractivity contribution is 5.81. The van der Waals surface area contributed by atoms with E-state index in [0.29, 0.717) is 22.5 Å². The first-order valence-corrected chi connectivity index (χ1v) is 5.07. The number of nitrogens with one attached hydrogen (secondary N) is 1. The summed E-state index contributed by atoms with van der Waals surface area (Å²) < 4.78 is 6.59. The topological polar surface area (TPSA) is 89.8 Å². The van der Waals surface area contributed by atoms with E-state index >= 15 is 0 Å². The zero-order chi connectivity index (χ0) is 12.0. The number of aryl methyl sites for hydroxylation is 1. The third-order valence-corrected chi connectivity index (χ3v) is 2.53. The number of rotatable bonds is 1. The predicted molar refractivity (Wildman–Crippen MR) is 63.1 cm³/mol. The van der Waals surface area contributed by atoms with E-state index in [9.17, 15) is 4.79 Å². The van der Waals surface area contributed by atoms with Crippen LogP contribution in [0.15, 0.2) is 33.7 Å². The fourth-order valence-electron chi connectivity index (χ4n) is 1.74. The van der Waals surface area contributed by atoms with Crippen LogP contribution >= 0.6 is 0 Å². The number of benzene rings is 1. The molecule has 0 spiro atoms. The number of H-pyrrole nitrogens is 1. The van der Waals surface area contributed by atoms with E-state index in [4.69, 9.17) is 10.2 Å². The van der Waals surface area contributed by atoms with Gasteiger partial charge in [-0.2, -0.15) is 5.10 Å². The molecule has 0 amide bonds. The largest absolute Gasteiger partial charge is 0.417 e. The van der Waals surface area contributed by atoms with Gasteiger partial charge in [0.2, 0.25) is 0 Å². The summed E-state index contributed by atoms with van der Waals surface area (Å²) in [6, 6.07) is 3.35. The molecule has 1 aromatic carbocycles. The molecule has 0 aliphatic rings. The summed E-state index contributed by atoms with van der Waals surface area (Å²) in [4.78, 5) is 13.7. The van der Waals surface area contributed by atoms with E-state index in [-0.39, 0.29) is 0 Å². The van der Waals surface area contributed by atoms with Gasteiger partial charge in [-0.15, -0.1) is 0 Å². The van der Waals surface area contributed by atoms with Gasteiger partial charge in [-0.3, -0.25) is 4.98 Å². The highest BCUT2D eigenvalue weighted by Crippen LogP contribution is 2.22. The van der Waals surface area contributed by atoms with Gasteiger partial charge in [-0.1, -0.05) is 0 Å². The van der Waals surface area contributed by atoms with Gasteiger partial charge in [0.15, 0.2) is 5.58 Å². The van der Waals surface area contributed by atoms with Gasteiger partial charge in [0.1, 0.15) is 0 Å². The lowest BCUT2D eigenvalue weighted by Gasteiger charge is -2.04. The van der Waals surface area contributed by atoms with Crippen molar-refractivity contribution in [2.45, 2.75) is 6.92 Å². The van der Waals surface area contributed by atoms with Crippen LogP contribution in [0.25, 0.3) is 16.8 Å². The second kappa shape index (κ2) is 3.24. The van der Waals surface area contributed by atoms with Gasteiger partial charge in [0.25, 0.3) is 0 Å². The molecular formula is C11H10N4O2. The van der Waals surface area contributed by atoms with E-state index in [1.165, 1.54) is 0 Å². The summed E-state index contributed by atoms with van der Waals surface area (Å²) in [6.45, 7) is 1.94. The Kier molecular flexibility index (Phi) is 1.85. The minimum Gasteiger partial charge on any atom is -0.408 e. The molecule has 6 nitrogen and oxygen atoms in total. The predicted octanol–water partition coefficient (Wildman–Crippen LogP) is 1.20. The van der Waals surface area contributed by atoms with Crippen LogP contribution in [0.1, 0.15) is 5.56 Å². The van der Waals surface area contributed by atoms with Crippen LogP contribution in [0.5, 0.6) is 0 Å². The van der Waals surface area contributed by atoms with Crippen LogP contribution < -0.4 is 11.5 Å². The Morgan fingerprint density at radius 3 is 3.00 bits per heavy atom. The van der Waals surface area contributed by atoms with E-state index in [1.54, 1.807) is 23.0 Å². The third-order valence-electron chi connectivity index (χ3n) is 2.53. The minimum absolute atomic E-state index is 0.445. The summed E-state index contributed by atoms with van der Waals surface area (Å²) >= 11 is 0. The molecular weight excluding hydrogens is 220 g/mol. The molecule has 0 aliphatic carbocycles. The molecule has 3 aromatic rings. The fraction of sp³-hybridized carbons (Fsp3) is 0.0909. The lowest BCUT2D eigenvalue weighted by atomic mass is 10.2. The van der Waals surface area contributed by atoms with E-state index in [0.717, 1.165) is 5.56 Å². The Hall–Kier alpha value is -2.50. The number of nitrogens with two attached hydrogens (primary N) is 1. The molecule has 0 atom stereocenters. The van der Waals surface area contributed by atoms with Crippen molar-refractivity contribution in [2.24, 2.45) is 0 Å². The summed E-state index contributed by atoms with van der Waals surface area (Å²) in [7, 11) is 0. The lowest BCUT2D eigenvalue weighted by Crippen LogP contribution is -2.00. The number of hydrogen-bond acceptors (Lipinski definition) is 4. The van der Waals surface area contributed by atoms with Crippen LogP contribution in [0, 0.1) is 6.92 Å². The fourth-order valence-corrected chi connectivity index (χ4v) is 1.74. The average molecular weight is 230 g/mol. The van der Waals surface area contributed by atoms with Crippen LogP contribution in [-0.2, 0) is 0 Å². The maximum atomic E-state index is 11.1. The zero-order valence-electron chi connectivity index (χ0n) is 9.10. The molecule has 0 radical (unpaired) electrons. The molecule has 2 aromatic heterocycles. The van der Waals surface area contributed by atoms with Gasteiger partial charge in [-0.25, -0.2) is 9.48 Å². The van der Waals surface area contributed by atoms with Crippen LogP contribution in [-0.4, -0.2) is 14.8 Å². The first kappa shape index (κ1) is 9.71. The van der Waals surface area contributed by atoms with Crippen molar-refractivity contribution >= 4 is 16.8 Å². The second-order valence-electron chi connectivity index (χ2n) is 3.88. The van der Waals surface area contributed by atoms with Gasteiger partial charge < -0.3 is 10.2 Å². The van der Waals surface area contributed by atoms with Crippen molar-refractivity contribution in [2.75, 3.05) is 5.73 Å². The highest BCUT2D eigenvalue weighted by Gasteiger charge is 2.08. The minimum atomic E-state index is -0.492. The normalized spacial score (nSPS) is 11.1. The number of nitrogens with zero attached hydrogens (tertiary/aromatic N) is 2. The molecule has 3 rings (SSSR count). The van der Waals surface area contributed by atoms with Gasteiger partial charge in [-0.05, 0) is 18.6 Å². The maximum absolute atomic E-state index is 11.1. The SMILES string of the molecule is Cc1cnn(-c2cc3[nH]c(=O)oc3cc2N)c1. The van der Waals surface area contributed by atoms with Crippen LogP contribution in [0.3, 0.4) is 0 Å². The van der Waals surface area contributed by atoms with E-state index in [2.05, 4.69) is 10.1 Å². The Labute approximate surface area is 95.7 Å². The summed E-state index contributed by atoms with van der Waals surface area (Å²) in [5.74, 6) is -0.492. The van der Waals surface area contributed by atoms with E-state index in [1.807, 2.05) is 13.1 Å². The first-order chi connectivity index (χ1) is 8.13. The summed E-state index contributed by atoms with van der Waals surface area (Å²) in [5, 5.41) is 4.17. The number of hydrogen-bond donors (Lipinski definition) is 2. The Morgan fingerprint density at radius 2 is 2.29 bits per heavy atom. The Bertz CT molecular complexity index is 750. The van der Waals surface area contributed by atoms with Gasteiger partial charge >= 0.3 is 5.76 Å². The molecule has 2 heterocycles. The van der Waals surface area contributed by atoms with Crippen molar-refractivity contribution in [3.8, 4) is 5.69 Å². The number of aromatic amines is 1. The van der Waals surface area contributed by atoms with Gasteiger partial charge in [0.05, 0.1) is 23.1 Å². The summed E-state index contributed by atoms with van der Waals surface area (Å²) in [5.41, 5.74) is 9.20. The smallest absolute Gasteiger partial charge is 0.408 e. The van der Waals surface area contributed by atoms with Crippen molar-refractivity contribution in [3.05, 3.63) is 40.6 Å². The molecule has 17 heavy (non-hydrogen) atoms. The number of fused-ring (bicyclic) bond motifs is 1. The highest BCUT2D eigenvalue weighted by atomic mass is 16.4. The molecule has 3 N–H and O–H groups in total. The molecule has 0 unspecified atom stereocenters. The Balaban J connectivity index is 2.29. The average Bonchev–Trinajstić information content (AvgIpc) is 2.82. The molecule has 0 fully saturated rings. The number of oxazole rings is 1. The standard InChI is InChI=1S/C11H10N4O2/c1-6-4-13-15(5-6)9-3-8-10(2-7(9)12)17-11(16)14-8/h2-5H,12H2,1H3,(H,14,16). The van der Waals surface area contributed by atoms with E-state index < -0.39 is 5.76 Å². The molecule has 6 heteroatoms. The number of nitrogen functional groups attached to an aromatic ring is 1. The van der Waals surface area contributed by atoms with Crippen molar-refractivity contribution in [1.29, 1.82) is 0 Å². The number of aromatic nitrogens is 3. The third kappa shape index (κ3) is 1.50. The molecule has 86 valence electrons. The summed E-state index contributed by atoms with van der Waals surface area (Å²) in [6.07, 6.45) is 3.59. The molecule has 0 bridgehead atoms. The van der Waals surface area contributed by atoms with Crippen LogP contribution in [0.4, 0.5) is 5.69 Å². The molecule has 0 saturated carbocycles.